The molecule has 2 aromatic carbocycles. The molecule has 7 heteroatoms. The van der Waals surface area contributed by atoms with Crippen molar-refractivity contribution >= 4 is 34.1 Å². The van der Waals surface area contributed by atoms with Gasteiger partial charge in [-0.3, -0.25) is 10.1 Å². The maximum Gasteiger partial charge on any atom is 0.325 e. The van der Waals surface area contributed by atoms with Gasteiger partial charge in [0.15, 0.2) is 5.13 Å². The zero-order chi connectivity index (χ0) is 22.3. The third kappa shape index (κ3) is 6.17. The number of thiazole rings is 1. The van der Waals surface area contributed by atoms with Gasteiger partial charge in [0.05, 0.1) is 12.1 Å². The van der Waals surface area contributed by atoms with Crippen molar-refractivity contribution in [3.05, 3.63) is 76.8 Å². The molecule has 3 aromatic rings. The van der Waals surface area contributed by atoms with E-state index in [1.54, 1.807) is 0 Å². The van der Waals surface area contributed by atoms with Crippen molar-refractivity contribution in [2.75, 3.05) is 23.7 Å². The smallest absolute Gasteiger partial charge is 0.325 e. The molecule has 2 N–H and O–H groups in total. The highest BCUT2D eigenvalue weighted by atomic mass is 32.1. The first-order valence-corrected chi connectivity index (χ1v) is 11.8. The minimum atomic E-state index is -0.344. The van der Waals surface area contributed by atoms with E-state index in [4.69, 9.17) is 0 Å². The summed E-state index contributed by atoms with van der Waals surface area (Å²) in [6.07, 6.45) is 3.41. The fourth-order valence-corrected chi connectivity index (χ4v) is 4.73. The van der Waals surface area contributed by atoms with E-state index in [1.165, 1.54) is 16.9 Å². The van der Waals surface area contributed by atoms with Crippen LogP contribution in [-0.4, -0.2) is 34.9 Å². The monoisotopic (exact) mass is 448 g/mol. The molecule has 1 saturated heterocycles. The number of likely N-dealkylation sites (tertiary alicyclic amines) is 1. The van der Waals surface area contributed by atoms with Gasteiger partial charge < -0.3 is 10.2 Å². The van der Waals surface area contributed by atoms with Gasteiger partial charge in [-0.1, -0.05) is 42.5 Å². The van der Waals surface area contributed by atoms with Gasteiger partial charge in [0.2, 0.25) is 5.91 Å². The van der Waals surface area contributed by atoms with E-state index in [2.05, 4.69) is 39.9 Å². The van der Waals surface area contributed by atoms with Crippen LogP contribution in [0.4, 0.5) is 15.6 Å². The average Bonchev–Trinajstić information content (AvgIpc) is 3.21. The molecular formula is C25H28N4O2S. The van der Waals surface area contributed by atoms with Crippen molar-refractivity contribution in [3.8, 4) is 0 Å². The van der Waals surface area contributed by atoms with Crippen LogP contribution in [0.25, 0.3) is 0 Å². The van der Waals surface area contributed by atoms with Gasteiger partial charge in [-0.15, -0.1) is 11.3 Å². The molecule has 6 nitrogen and oxygen atoms in total. The molecule has 2 heterocycles. The lowest BCUT2D eigenvalue weighted by Crippen LogP contribution is -2.39. The number of nitrogens with one attached hydrogen (secondary N) is 2. The van der Waals surface area contributed by atoms with Gasteiger partial charge in [0, 0.05) is 24.2 Å². The van der Waals surface area contributed by atoms with E-state index < -0.39 is 0 Å². The second-order valence-corrected chi connectivity index (χ2v) is 9.14. The summed E-state index contributed by atoms with van der Waals surface area (Å²) in [7, 11) is 0. The Morgan fingerprint density at radius 2 is 1.84 bits per heavy atom. The maximum atomic E-state index is 12.7. The van der Waals surface area contributed by atoms with Gasteiger partial charge >= 0.3 is 6.03 Å². The van der Waals surface area contributed by atoms with E-state index in [-0.39, 0.29) is 18.4 Å². The van der Waals surface area contributed by atoms with Gasteiger partial charge in [0.25, 0.3) is 0 Å². The molecule has 1 aliphatic heterocycles. The topological polar surface area (TPSA) is 74.3 Å². The minimum absolute atomic E-state index is 0.101. The Hall–Kier alpha value is -3.19. The van der Waals surface area contributed by atoms with Crippen LogP contribution in [0.2, 0.25) is 0 Å². The molecule has 0 spiro atoms. The van der Waals surface area contributed by atoms with E-state index >= 15 is 0 Å². The zero-order valence-electron chi connectivity index (χ0n) is 18.2. The molecule has 166 valence electrons. The third-order valence-electron chi connectivity index (χ3n) is 5.71. The van der Waals surface area contributed by atoms with Crippen LogP contribution < -0.4 is 10.6 Å². The molecule has 0 saturated carbocycles. The summed E-state index contributed by atoms with van der Waals surface area (Å²) in [6, 6.07) is 17.8. The van der Waals surface area contributed by atoms with E-state index in [0.717, 1.165) is 43.6 Å². The molecule has 32 heavy (non-hydrogen) atoms. The SMILES string of the molecule is Cc1cccc(NC(=O)Nc2nc(CC(=O)N3CCC(Cc4ccccc4)CC3)cs2)c1. The number of amides is 3. The Morgan fingerprint density at radius 3 is 2.59 bits per heavy atom. The Balaban J connectivity index is 1.23. The first kappa shape index (κ1) is 22.0. The van der Waals surface area contributed by atoms with Gasteiger partial charge in [-0.25, -0.2) is 9.78 Å². The third-order valence-corrected chi connectivity index (χ3v) is 6.52. The highest BCUT2D eigenvalue weighted by molar-refractivity contribution is 7.14. The normalized spacial score (nSPS) is 14.2. The number of hydrogen-bond donors (Lipinski definition) is 2. The van der Waals surface area contributed by atoms with Crippen molar-refractivity contribution in [3.63, 3.8) is 0 Å². The number of piperidine rings is 1. The molecular weight excluding hydrogens is 420 g/mol. The van der Waals surface area contributed by atoms with Crippen molar-refractivity contribution in [2.45, 2.75) is 32.6 Å². The lowest BCUT2D eigenvalue weighted by molar-refractivity contribution is -0.131. The van der Waals surface area contributed by atoms with Gasteiger partial charge in [-0.2, -0.15) is 0 Å². The van der Waals surface area contributed by atoms with Crippen molar-refractivity contribution < 1.29 is 9.59 Å². The van der Waals surface area contributed by atoms with Crippen LogP contribution in [0.3, 0.4) is 0 Å². The molecule has 0 aliphatic carbocycles. The largest absolute Gasteiger partial charge is 0.342 e. The number of nitrogens with zero attached hydrogens (tertiary/aromatic N) is 2. The summed E-state index contributed by atoms with van der Waals surface area (Å²) < 4.78 is 0. The predicted molar refractivity (Wildman–Crippen MR) is 129 cm³/mol. The predicted octanol–water partition coefficient (Wildman–Crippen LogP) is 5.12. The number of aromatic nitrogens is 1. The van der Waals surface area contributed by atoms with Crippen LogP contribution in [0.5, 0.6) is 0 Å². The van der Waals surface area contributed by atoms with E-state index in [0.29, 0.717) is 16.7 Å². The zero-order valence-corrected chi connectivity index (χ0v) is 19.0. The number of urea groups is 1. The number of hydrogen-bond acceptors (Lipinski definition) is 4. The Bertz CT molecular complexity index is 1060. The molecule has 0 bridgehead atoms. The summed E-state index contributed by atoms with van der Waals surface area (Å²) in [5.41, 5.74) is 3.86. The van der Waals surface area contributed by atoms with E-state index in [9.17, 15) is 9.59 Å². The standard InChI is InChI=1S/C25H28N4O2S/c1-18-6-5-9-21(14-18)26-24(31)28-25-27-22(17-32-25)16-23(30)29-12-10-20(11-13-29)15-19-7-3-2-4-8-19/h2-9,14,17,20H,10-13,15-16H2,1H3,(H2,26,27,28,31). The second kappa shape index (κ2) is 10.4. The fraction of sp³-hybridized carbons (Fsp3) is 0.320. The number of carbonyl (C=O) groups is 2. The molecule has 1 fully saturated rings. The quantitative estimate of drug-likeness (QED) is 0.550. The molecule has 0 radical (unpaired) electrons. The summed E-state index contributed by atoms with van der Waals surface area (Å²) >= 11 is 1.33. The molecule has 1 aliphatic rings. The Morgan fingerprint density at radius 1 is 1.06 bits per heavy atom. The molecule has 0 atom stereocenters. The van der Waals surface area contributed by atoms with Crippen LogP contribution in [0, 0.1) is 12.8 Å². The first-order chi connectivity index (χ1) is 15.5. The number of rotatable bonds is 6. The minimum Gasteiger partial charge on any atom is -0.342 e. The summed E-state index contributed by atoms with van der Waals surface area (Å²) in [5, 5.41) is 7.86. The molecule has 1 aromatic heterocycles. The van der Waals surface area contributed by atoms with Crippen LogP contribution in [0.15, 0.2) is 60.0 Å². The van der Waals surface area contributed by atoms with Crippen molar-refractivity contribution in [1.29, 1.82) is 0 Å². The summed E-state index contributed by atoms with van der Waals surface area (Å²) in [4.78, 5) is 31.3. The number of benzene rings is 2. The fourth-order valence-electron chi connectivity index (χ4n) is 4.03. The average molecular weight is 449 g/mol. The maximum absolute atomic E-state index is 12.7. The highest BCUT2D eigenvalue weighted by Crippen LogP contribution is 2.23. The molecule has 0 unspecified atom stereocenters. The molecule has 3 amide bonds. The number of aryl methyl sites for hydroxylation is 1. The Kier molecular flexibility index (Phi) is 7.17. The van der Waals surface area contributed by atoms with Crippen molar-refractivity contribution in [1.82, 2.24) is 9.88 Å². The van der Waals surface area contributed by atoms with Gasteiger partial charge in [-0.05, 0) is 55.4 Å². The second-order valence-electron chi connectivity index (χ2n) is 8.28. The highest BCUT2D eigenvalue weighted by Gasteiger charge is 2.23. The Labute approximate surface area is 192 Å². The number of anilines is 2. The molecule has 4 rings (SSSR count). The van der Waals surface area contributed by atoms with Crippen LogP contribution >= 0.6 is 11.3 Å². The van der Waals surface area contributed by atoms with Crippen LogP contribution in [-0.2, 0) is 17.6 Å². The lowest BCUT2D eigenvalue weighted by Gasteiger charge is -2.32. The van der Waals surface area contributed by atoms with Crippen molar-refractivity contribution in [2.24, 2.45) is 5.92 Å². The van der Waals surface area contributed by atoms with Crippen LogP contribution in [0.1, 0.15) is 29.7 Å². The number of carbonyl (C=O) groups excluding carboxylic acids is 2. The summed E-state index contributed by atoms with van der Waals surface area (Å²) in [5.74, 6) is 0.729. The summed E-state index contributed by atoms with van der Waals surface area (Å²) in [6.45, 7) is 3.56. The van der Waals surface area contributed by atoms with E-state index in [1.807, 2.05) is 47.5 Å². The lowest BCUT2D eigenvalue weighted by atomic mass is 9.90. The van der Waals surface area contributed by atoms with Gasteiger partial charge in [0.1, 0.15) is 0 Å². The first-order valence-electron chi connectivity index (χ1n) is 11.0.